The number of aliphatic hydroxyl groups is 1. The molecule has 0 aromatic heterocycles. The first-order valence-electron chi connectivity index (χ1n) is 5.19. The average molecular weight is 281 g/mol. The topological polar surface area (TPSA) is 104 Å². The van der Waals surface area contributed by atoms with Crippen LogP contribution in [0.1, 0.15) is 6.92 Å². The minimum Gasteiger partial charge on any atom is -0.463 e. The van der Waals surface area contributed by atoms with Gasteiger partial charge in [-0.1, -0.05) is 5.16 Å². The highest BCUT2D eigenvalue weighted by atomic mass is 19.1. The smallest absolute Gasteiger partial charge is 0.463 e. The molecule has 19 heavy (non-hydrogen) atoms. The van der Waals surface area contributed by atoms with Crippen LogP contribution >= 0.6 is 0 Å². The van der Waals surface area contributed by atoms with Crippen LogP contribution in [0, 0.1) is 0 Å². The van der Waals surface area contributed by atoms with E-state index < -0.39 is 37.1 Å². The lowest BCUT2D eigenvalue weighted by atomic mass is 10.1. The van der Waals surface area contributed by atoms with Crippen LogP contribution in [-0.2, 0) is 23.8 Å². The van der Waals surface area contributed by atoms with Gasteiger partial charge >= 0.3 is 12.1 Å². The Morgan fingerprint density at radius 2 is 2.05 bits per heavy atom. The van der Waals surface area contributed by atoms with E-state index in [1.165, 1.54) is 7.11 Å². The van der Waals surface area contributed by atoms with Gasteiger partial charge in [-0.3, -0.25) is 4.79 Å². The predicted molar refractivity (Wildman–Crippen MR) is 60.3 cm³/mol. The molecule has 0 radical (unpaired) electrons. The predicted octanol–water partition coefficient (Wildman–Crippen LogP) is 0.0323. The summed E-state index contributed by atoms with van der Waals surface area (Å²) in [6.07, 6.45) is -5.71. The zero-order valence-corrected chi connectivity index (χ0v) is 10.7. The molecule has 0 saturated carbocycles. The summed E-state index contributed by atoms with van der Waals surface area (Å²) < 4.78 is 26.9. The molecule has 0 spiro atoms. The van der Waals surface area contributed by atoms with Crippen LogP contribution in [-0.4, -0.2) is 62.7 Å². The summed E-state index contributed by atoms with van der Waals surface area (Å²) in [5.74, 6) is -0.670. The molecule has 1 N–H and O–H groups in total. The third-order valence-electron chi connectivity index (χ3n) is 1.86. The van der Waals surface area contributed by atoms with Gasteiger partial charge < -0.3 is 24.2 Å². The van der Waals surface area contributed by atoms with Gasteiger partial charge in [-0.25, -0.2) is 9.18 Å². The summed E-state index contributed by atoms with van der Waals surface area (Å²) in [6.45, 7) is 0.570. The van der Waals surface area contributed by atoms with Gasteiger partial charge in [0.1, 0.15) is 19.8 Å². The Labute approximate surface area is 109 Å². The molecule has 0 unspecified atom stereocenters. The molecule has 0 fully saturated rings. The van der Waals surface area contributed by atoms with E-state index in [0.717, 1.165) is 14.0 Å². The van der Waals surface area contributed by atoms with Crippen LogP contribution < -0.4 is 0 Å². The minimum absolute atomic E-state index is 0.543. The normalized spacial score (nSPS) is 15.4. The number of halogens is 1. The number of alkyl halides is 1. The number of esters is 1. The average Bonchev–Trinajstić information content (AvgIpc) is 2.38. The van der Waals surface area contributed by atoms with E-state index >= 15 is 0 Å². The zero-order chi connectivity index (χ0) is 14.8. The SMILES string of the molecule is CON=C[C@@H](F)[C@H](OC(=O)OC)[C@H](O)COC(C)=O. The van der Waals surface area contributed by atoms with E-state index in [0.29, 0.717) is 6.21 Å². The number of carbonyl (C=O) groups excluding carboxylic acids is 2. The number of carbonyl (C=O) groups is 2. The first-order chi connectivity index (χ1) is 8.92. The van der Waals surface area contributed by atoms with Crippen molar-refractivity contribution in [3.05, 3.63) is 0 Å². The van der Waals surface area contributed by atoms with Crippen molar-refractivity contribution in [2.75, 3.05) is 20.8 Å². The van der Waals surface area contributed by atoms with Crippen LogP contribution in [0.15, 0.2) is 5.16 Å². The lowest BCUT2D eigenvalue weighted by Crippen LogP contribution is -2.42. The van der Waals surface area contributed by atoms with Crippen LogP contribution in [0.25, 0.3) is 0 Å². The zero-order valence-electron chi connectivity index (χ0n) is 10.7. The van der Waals surface area contributed by atoms with Gasteiger partial charge in [-0.05, 0) is 0 Å². The summed E-state index contributed by atoms with van der Waals surface area (Å²) in [5.41, 5.74) is 0. The van der Waals surface area contributed by atoms with E-state index in [1.807, 2.05) is 0 Å². The largest absolute Gasteiger partial charge is 0.508 e. The molecule has 0 aliphatic heterocycles. The molecule has 3 atom stereocenters. The molecule has 110 valence electrons. The number of rotatable bonds is 7. The number of ether oxygens (including phenoxy) is 3. The van der Waals surface area contributed by atoms with Gasteiger partial charge in [0.05, 0.1) is 13.3 Å². The Balaban J connectivity index is 4.67. The van der Waals surface area contributed by atoms with Gasteiger partial charge in [0.15, 0.2) is 12.3 Å². The molecule has 0 amide bonds. The highest BCUT2D eigenvalue weighted by Gasteiger charge is 2.32. The molecular formula is C10H16FNO7. The second-order valence-electron chi connectivity index (χ2n) is 3.29. The highest BCUT2D eigenvalue weighted by Crippen LogP contribution is 2.10. The van der Waals surface area contributed by atoms with Gasteiger partial charge in [0.2, 0.25) is 0 Å². The molecule has 0 saturated heterocycles. The minimum atomic E-state index is -1.97. The van der Waals surface area contributed by atoms with Crippen LogP contribution in [0.5, 0.6) is 0 Å². The van der Waals surface area contributed by atoms with Crippen molar-refractivity contribution in [3.8, 4) is 0 Å². The van der Waals surface area contributed by atoms with Gasteiger partial charge in [0.25, 0.3) is 0 Å². The Morgan fingerprint density at radius 1 is 1.42 bits per heavy atom. The number of oxime groups is 1. The third-order valence-corrected chi connectivity index (χ3v) is 1.86. The number of hydrogen-bond donors (Lipinski definition) is 1. The van der Waals surface area contributed by atoms with Crippen molar-refractivity contribution >= 4 is 18.3 Å². The van der Waals surface area contributed by atoms with E-state index in [4.69, 9.17) is 0 Å². The number of nitrogens with zero attached hydrogens (tertiary/aromatic N) is 1. The fourth-order valence-electron chi connectivity index (χ4n) is 1.02. The van der Waals surface area contributed by atoms with Crippen molar-refractivity contribution in [2.45, 2.75) is 25.3 Å². The van der Waals surface area contributed by atoms with E-state index in [1.54, 1.807) is 0 Å². The maximum absolute atomic E-state index is 13.7. The van der Waals surface area contributed by atoms with Crippen molar-refractivity contribution in [1.82, 2.24) is 0 Å². The lowest BCUT2D eigenvalue weighted by Gasteiger charge is -2.23. The molecule has 0 rings (SSSR count). The molecule has 0 bridgehead atoms. The van der Waals surface area contributed by atoms with Crippen molar-refractivity contribution in [2.24, 2.45) is 5.16 Å². The molecule has 0 aliphatic carbocycles. The van der Waals surface area contributed by atoms with Crippen molar-refractivity contribution in [1.29, 1.82) is 0 Å². The third kappa shape index (κ3) is 7.19. The molecule has 8 nitrogen and oxygen atoms in total. The molecule has 9 heteroatoms. The highest BCUT2D eigenvalue weighted by molar-refractivity contribution is 5.66. The number of aliphatic hydroxyl groups excluding tert-OH is 1. The van der Waals surface area contributed by atoms with Gasteiger partial charge in [-0.2, -0.15) is 0 Å². The second-order valence-corrected chi connectivity index (χ2v) is 3.29. The fraction of sp³-hybridized carbons (Fsp3) is 0.700. The Hall–Kier alpha value is -1.90. The van der Waals surface area contributed by atoms with Crippen molar-refractivity contribution < 1.29 is 38.1 Å². The van der Waals surface area contributed by atoms with Crippen LogP contribution in [0.3, 0.4) is 0 Å². The summed E-state index contributed by atoms with van der Waals surface area (Å²) in [5, 5.41) is 12.8. The number of methoxy groups -OCH3 is 1. The molecule has 0 heterocycles. The van der Waals surface area contributed by atoms with Gasteiger partial charge in [-0.15, -0.1) is 0 Å². The summed E-state index contributed by atoms with van der Waals surface area (Å²) >= 11 is 0. The fourth-order valence-corrected chi connectivity index (χ4v) is 1.02. The van der Waals surface area contributed by atoms with Crippen LogP contribution in [0.2, 0.25) is 0 Å². The maximum atomic E-state index is 13.7. The van der Waals surface area contributed by atoms with Crippen LogP contribution in [0.4, 0.5) is 9.18 Å². The monoisotopic (exact) mass is 281 g/mol. The quantitative estimate of drug-likeness (QED) is 0.399. The van der Waals surface area contributed by atoms with E-state index in [-0.39, 0.29) is 0 Å². The Kier molecular flexibility index (Phi) is 8.18. The van der Waals surface area contributed by atoms with E-state index in [2.05, 4.69) is 24.2 Å². The Morgan fingerprint density at radius 3 is 2.53 bits per heavy atom. The standard InChI is InChI=1S/C10H16FNO7/c1-6(13)18-5-8(14)9(19-10(15)16-2)7(11)4-12-17-3/h4,7-9,14H,5H2,1-3H3/t7-,8-,9+/m1/s1. The molecular weight excluding hydrogens is 265 g/mol. The second kappa shape index (κ2) is 9.09. The lowest BCUT2D eigenvalue weighted by molar-refractivity contribution is -0.147. The first-order valence-corrected chi connectivity index (χ1v) is 5.19. The first kappa shape index (κ1) is 17.1. The molecule has 0 aliphatic rings. The van der Waals surface area contributed by atoms with Crippen molar-refractivity contribution in [3.63, 3.8) is 0 Å². The molecule has 0 aromatic carbocycles. The number of hydrogen-bond acceptors (Lipinski definition) is 8. The summed E-state index contributed by atoms with van der Waals surface area (Å²) in [6, 6.07) is 0. The van der Waals surface area contributed by atoms with Gasteiger partial charge in [0, 0.05) is 6.92 Å². The molecule has 0 aromatic rings. The summed E-state index contributed by atoms with van der Waals surface area (Å²) in [7, 11) is 2.21. The Bertz CT molecular complexity index is 323. The summed E-state index contributed by atoms with van der Waals surface area (Å²) in [4.78, 5) is 25.8. The maximum Gasteiger partial charge on any atom is 0.508 e. The van der Waals surface area contributed by atoms with E-state index in [9.17, 15) is 19.1 Å².